The van der Waals surface area contributed by atoms with Gasteiger partial charge in [-0.05, 0) is 31.3 Å². The predicted octanol–water partition coefficient (Wildman–Crippen LogP) is 4.11. The first-order valence-corrected chi connectivity index (χ1v) is 14.0. The quantitative estimate of drug-likeness (QED) is 0.197. The van der Waals surface area contributed by atoms with Gasteiger partial charge in [0.15, 0.2) is 5.82 Å². The summed E-state index contributed by atoms with van der Waals surface area (Å²) in [4.78, 5) is 20.8. The van der Waals surface area contributed by atoms with E-state index >= 15 is 4.39 Å². The summed E-state index contributed by atoms with van der Waals surface area (Å²) in [5.41, 5.74) is 5.65. The zero-order chi connectivity index (χ0) is 27.6. The van der Waals surface area contributed by atoms with Crippen LogP contribution in [0.1, 0.15) is 0 Å². The third-order valence-corrected chi connectivity index (χ3v) is 8.12. The van der Waals surface area contributed by atoms with Crippen molar-refractivity contribution >= 4 is 49.8 Å². The van der Waals surface area contributed by atoms with Crippen LogP contribution in [0.5, 0.6) is 0 Å². The highest BCUT2D eigenvalue weighted by Gasteiger charge is 2.29. The largest absolute Gasteiger partial charge is 0.383 e. The second-order valence-corrected chi connectivity index (χ2v) is 10.8. The summed E-state index contributed by atoms with van der Waals surface area (Å²) in [6.45, 7) is 3.95. The Kier molecular flexibility index (Phi) is 7.59. The second kappa shape index (κ2) is 11.4. The number of H-pyrrole nitrogens is 1. The molecule has 4 heterocycles. The number of methoxy groups -OCH3 is 1. The van der Waals surface area contributed by atoms with Crippen molar-refractivity contribution in [2.24, 2.45) is 0 Å². The third kappa shape index (κ3) is 5.36. The highest BCUT2D eigenvalue weighted by molar-refractivity contribution is 7.16. The van der Waals surface area contributed by atoms with Gasteiger partial charge in [0.05, 0.1) is 45.8 Å². The van der Waals surface area contributed by atoms with Crippen molar-refractivity contribution in [1.82, 2.24) is 29.7 Å². The molecule has 12 heteroatoms. The first kappa shape index (κ1) is 26.5. The maximum atomic E-state index is 15.0. The number of nitrogens with one attached hydrogen (secondary N) is 3. The van der Waals surface area contributed by atoms with E-state index < -0.39 is 12.0 Å². The standard InChI is InChI=1S/C28H31FN8O2S/c1-36-8-10-37(11-9-36)23(15-39-2)27(38)34-21-5-3-4-18-19(13-30-26(18)21)25-20(29)14-31-28(35-25)33-17-6-7-24-22(12-17)32-16-40-24/h3-7,12-14,16,23,27,30,34,38H,8-11,15H2,1-2H3,(H,31,33,35)/t23-,27?/m1/s1. The van der Waals surface area contributed by atoms with Crippen molar-refractivity contribution in [2.75, 3.05) is 57.6 Å². The summed E-state index contributed by atoms with van der Waals surface area (Å²) >= 11 is 1.57. The predicted molar refractivity (Wildman–Crippen MR) is 157 cm³/mol. The van der Waals surface area contributed by atoms with Crippen LogP contribution in [0.25, 0.3) is 32.4 Å². The van der Waals surface area contributed by atoms with E-state index in [4.69, 9.17) is 4.74 Å². The minimum atomic E-state index is -0.873. The van der Waals surface area contributed by atoms with Crippen LogP contribution >= 0.6 is 11.3 Å². The molecule has 10 nitrogen and oxygen atoms in total. The fourth-order valence-corrected chi connectivity index (χ4v) is 5.79. The van der Waals surface area contributed by atoms with Crippen LogP contribution in [0.2, 0.25) is 0 Å². The number of thiazole rings is 1. The Hall–Kier alpha value is -3.68. The number of fused-ring (bicyclic) bond motifs is 2. The molecule has 1 saturated heterocycles. The number of benzene rings is 2. The van der Waals surface area contributed by atoms with Gasteiger partial charge in [0, 0.05) is 56.1 Å². The number of halogens is 1. The van der Waals surface area contributed by atoms with E-state index in [0.717, 1.165) is 53.0 Å². The summed E-state index contributed by atoms with van der Waals surface area (Å²) in [5.74, 6) is -0.255. The number of ether oxygens (including phenoxy) is 1. The number of rotatable bonds is 9. The smallest absolute Gasteiger partial charge is 0.227 e. The first-order chi connectivity index (χ1) is 19.5. The number of para-hydroxylation sites is 1. The van der Waals surface area contributed by atoms with Gasteiger partial charge in [0.1, 0.15) is 11.9 Å². The van der Waals surface area contributed by atoms with E-state index in [1.165, 1.54) is 6.20 Å². The summed E-state index contributed by atoms with van der Waals surface area (Å²) in [5, 5.41) is 18.4. The molecule has 2 atom stereocenters. The molecule has 5 aromatic rings. The van der Waals surface area contributed by atoms with Gasteiger partial charge in [-0.1, -0.05) is 12.1 Å². The van der Waals surface area contributed by atoms with E-state index in [0.29, 0.717) is 17.9 Å². The lowest BCUT2D eigenvalue weighted by molar-refractivity contribution is -0.00377. The number of hydrogen-bond donors (Lipinski definition) is 4. The first-order valence-electron chi connectivity index (χ1n) is 13.1. The van der Waals surface area contributed by atoms with Gasteiger partial charge in [0.25, 0.3) is 0 Å². The Morgan fingerprint density at radius 1 is 1.18 bits per heavy atom. The van der Waals surface area contributed by atoms with Crippen LogP contribution < -0.4 is 10.6 Å². The topological polar surface area (TPSA) is 114 Å². The SMILES string of the molecule is COC[C@H](C(O)Nc1cccc2c(-c3nc(Nc4ccc5scnc5c4)ncc3F)c[nH]c12)N1CCN(C)CC1. The molecule has 0 amide bonds. The molecule has 0 saturated carbocycles. The summed E-state index contributed by atoms with van der Waals surface area (Å²) < 4.78 is 21.6. The molecule has 1 aliphatic rings. The van der Waals surface area contributed by atoms with E-state index in [1.807, 2.05) is 36.4 Å². The average molecular weight is 563 g/mol. The van der Waals surface area contributed by atoms with Gasteiger partial charge in [-0.25, -0.2) is 19.3 Å². The van der Waals surface area contributed by atoms with Crippen molar-refractivity contribution in [3.8, 4) is 11.3 Å². The number of likely N-dealkylation sites (N-methyl/N-ethyl adjacent to an activating group) is 1. The molecule has 208 valence electrons. The summed E-state index contributed by atoms with van der Waals surface area (Å²) in [6, 6.07) is 11.2. The van der Waals surface area contributed by atoms with Gasteiger partial charge < -0.3 is 30.4 Å². The van der Waals surface area contributed by atoms with Gasteiger partial charge >= 0.3 is 0 Å². The normalized spacial score (nSPS) is 16.4. The van der Waals surface area contributed by atoms with Crippen molar-refractivity contribution < 1.29 is 14.2 Å². The highest BCUT2D eigenvalue weighted by Crippen LogP contribution is 2.34. The number of aliphatic hydroxyl groups excluding tert-OH is 1. The van der Waals surface area contributed by atoms with E-state index in [-0.39, 0.29) is 17.7 Å². The fourth-order valence-electron chi connectivity index (χ4n) is 5.13. The minimum Gasteiger partial charge on any atom is -0.383 e. The highest BCUT2D eigenvalue weighted by atomic mass is 32.1. The second-order valence-electron chi connectivity index (χ2n) is 9.93. The Labute approximate surface area is 234 Å². The molecule has 1 fully saturated rings. The third-order valence-electron chi connectivity index (χ3n) is 7.31. The molecule has 0 radical (unpaired) electrons. The number of aliphatic hydroxyl groups is 1. The molecule has 0 spiro atoms. The lowest BCUT2D eigenvalue weighted by atomic mass is 10.1. The fraction of sp³-hybridized carbons (Fsp3) is 0.321. The van der Waals surface area contributed by atoms with Gasteiger partial charge in [-0.2, -0.15) is 0 Å². The molecule has 2 aromatic carbocycles. The zero-order valence-electron chi connectivity index (χ0n) is 22.3. The Bertz CT molecular complexity index is 1620. The molecular weight excluding hydrogens is 531 g/mol. The van der Waals surface area contributed by atoms with E-state index in [9.17, 15) is 5.11 Å². The molecule has 40 heavy (non-hydrogen) atoms. The Morgan fingerprint density at radius 3 is 2.85 bits per heavy atom. The van der Waals surface area contributed by atoms with Crippen LogP contribution in [0.15, 0.2) is 54.3 Å². The number of anilines is 3. The summed E-state index contributed by atoms with van der Waals surface area (Å²) in [7, 11) is 3.74. The molecule has 0 aliphatic carbocycles. The van der Waals surface area contributed by atoms with Gasteiger partial charge in [0.2, 0.25) is 5.95 Å². The van der Waals surface area contributed by atoms with Crippen molar-refractivity contribution in [3.05, 3.63) is 60.1 Å². The maximum Gasteiger partial charge on any atom is 0.227 e. The molecule has 1 aliphatic heterocycles. The molecule has 1 unspecified atom stereocenters. The average Bonchev–Trinajstić information content (AvgIpc) is 3.61. The van der Waals surface area contributed by atoms with Gasteiger partial charge in [-0.15, -0.1) is 11.3 Å². The lowest BCUT2D eigenvalue weighted by Crippen LogP contribution is -2.56. The monoisotopic (exact) mass is 562 g/mol. The number of nitrogens with zero attached hydrogens (tertiary/aromatic N) is 5. The molecule has 4 N–H and O–H groups in total. The molecule has 3 aromatic heterocycles. The van der Waals surface area contributed by atoms with Crippen molar-refractivity contribution in [3.63, 3.8) is 0 Å². The number of piperazine rings is 1. The van der Waals surface area contributed by atoms with Gasteiger partial charge in [-0.3, -0.25) is 4.90 Å². The lowest BCUT2D eigenvalue weighted by Gasteiger charge is -2.39. The number of aromatic amines is 1. The molecular formula is C28H31FN8O2S. The minimum absolute atomic E-state index is 0.172. The number of aromatic nitrogens is 4. The van der Waals surface area contributed by atoms with Crippen LogP contribution in [0.4, 0.5) is 21.7 Å². The summed E-state index contributed by atoms with van der Waals surface area (Å²) in [6.07, 6.45) is 2.02. The Balaban J connectivity index is 1.26. The van der Waals surface area contributed by atoms with Crippen molar-refractivity contribution in [2.45, 2.75) is 12.3 Å². The van der Waals surface area contributed by atoms with Crippen LogP contribution in [-0.2, 0) is 4.74 Å². The van der Waals surface area contributed by atoms with Crippen LogP contribution in [0.3, 0.4) is 0 Å². The van der Waals surface area contributed by atoms with Crippen molar-refractivity contribution in [1.29, 1.82) is 0 Å². The zero-order valence-corrected chi connectivity index (χ0v) is 23.1. The number of hydrogen-bond acceptors (Lipinski definition) is 10. The molecule has 0 bridgehead atoms. The van der Waals surface area contributed by atoms with Crippen LogP contribution in [-0.4, -0.2) is 94.1 Å². The van der Waals surface area contributed by atoms with E-state index in [1.54, 1.807) is 30.2 Å². The van der Waals surface area contributed by atoms with E-state index in [2.05, 4.69) is 47.4 Å². The van der Waals surface area contributed by atoms with Crippen LogP contribution in [0, 0.1) is 5.82 Å². The Morgan fingerprint density at radius 2 is 2.02 bits per heavy atom. The maximum absolute atomic E-state index is 15.0. The molecule has 6 rings (SSSR count).